The minimum absolute atomic E-state index is 0.0244. The Hall–Kier alpha value is -6.72. The lowest BCUT2D eigenvalue weighted by molar-refractivity contribution is -0.383. The van der Waals surface area contributed by atoms with Gasteiger partial charge in [0.1, 0.15) is 29.6 Å². The molecule has 4 atom stereocenters. The molecule has 0 radical (unpaired) electrons. The van der Waals surface area contributed by atoms with Gasteiger partial charge in [0.25, 0.3) is 5.69 Å². The van der Waals surface area contributed by atoms with Gasteiger partial charge in [-0.3, -0.25) is 34.1 Å². The second kappa shape index (κ2) is 21.9. The molecule has 0 aliphatic heterocycles. The SMILES string of the molecule is CC(C)C[C@H](NC(=O)[C@H](Cc1ccccc1)NC(=O)CNC(=O)[C@H](C)NC(=O)[C@@H](N)Cc1ccc(O)cc1)C(=O)NCCNc1ccc(N=[N+]=[N-])cc1[N+](=O)[O-]. The van der Waals surface area contributed by atoms with Crippen molar-refractivity contribution in [1.82, 2.24) is 26.6 Å². The second-order valence-electron chi connectivity index (χ2n) is 13.3. The molecule has 56 heavy (non-hydrogen) atoms. The number of anilines is 1. The van der Waals surface area contributed by atoms with Crippen LogP contribution < -0.4 is 37.6 Å². The number of amides is 5. The lowest BCUT2D eigenvalue weighted by atomic mass is 10.0. The molecule has 3 rings (SSSR count). The molecule has 5 amide bonds. The first kappa shape index (κ1) is 43.7. The number of rotatable bonds is 21. The lowest BCUT2D eigenvalue weighted by Crippen LogP contribution is -2.56. The molecule has 0 saturated heterocycles. The molecule has 0 saturated carbocycles. The van der Waals surface area contributed by atoms with E-state index in [-0.39, 0.29) is 61.1 Å². The normalized spacial score (nSPS) is 12.8. The maximum Gasteiger partial charge on any atom is 0.292 e. The third-order valence-corrected chi connectivity index (χ3v) is 8.26. The molecular formula is C37H47N11O8. The predicted molar refractivity (Wildman–Crippen MR) is 207 cm³/mol. The highest BCUT2D eigenvalue weighted by Gasteiger charge is 2.28. The standard InChI is InChI=1S/C37H47N11O8/c1-22(2)17-30(36(53)41-16-15-40-29-14-11-26(46-47-39)20-32(29)48(55)56)45-37(54)31(19-24-7-5-4-6-8-24)44-33(50)21-42-34(51)23(3)43-35(52)28(38)18-25-9-12-27(49)13-10-25/h4-14,20,22-23,28,30-31,40,49H,15-19,21,38H2,1-3H3,(H,41,53)(H,42,51)(H,43,52)(H,44,50)(H,45,54)/t23-,28-,30-,31-/m0/s1. The van der Waals surface area contributed by atoms with Gasteiger partial charge >= 0.3 is 0 Å². The van der Waals surface area contributed by atoms with Gasteiger partial charge in [-0.05, 0) is 60.5 Å². The Balaban J connectivity index is 1.59. The number of nitro groups is 1. The Morgan fingerprint density at radius 3 is 2.14 bits per heavy atom. The number of phenols is 1. The van der Waals surface area contributed by atoms with Crippen LogP contribution in [0.2, 0.25) is 0 Å². The zero-order valence-corrected chi connectivity index (χ0v) is 31.2. The van der Waals surface area contributed by atoms with Crippen LogP contribution in [-0.2, 0) is 36.8 Å². The lowest BCUT2D eigenvalue weighted by Gasteiger charge is -2.24. The number of nitrogens with one attached hydrogen (secondary N) is 6. The number of benzene rings is 3. The average Bonchev–Trinajstić information content (AvgIpc) is 3.16. The van der Waals surface area contributed by atoms with Crippen molar-refractivity contribution < 1.29 is 34.0 Å². The minimum atomic E-state index is -1.14. The Bertz CT molecular complexity index is 1890. The molecule has 0 aliphatic rings. The highest BCUT2D eigenvalue weighted by Crippen LogP contribution is 2.29. The summed E-state index contributed by atoms with van der Waals surface area (Å²) in [6.07, 6.45) is 0.477. The first-order valence-corrected chi connectivity index (χ1v) is 17.8. The Morgan fingerprint density at radius 2 is 1.50 bits per heavy atom. The van der Waals surface area contributed by atoms with Gasteiger partial charge in [-0.1, -0.05) is 67.5 Å². The fourth-order valence-electron chi connectivity index (χ4n) is 5.41. The van der Waals surface area contributed by atoms with E-state index >= 15 is 0 Å². The highest BCUT2D eigenvalue weighted by atomic mass is 16.6. The number of phenolic OH excluding ortho intramolecular Hbond substituents is 1. The first-order valence-electron chi connectivity index (χ1n) is 17.8. The zero-order valence-electron chi connectivity index (χ0n) is 31.2. The van der Waals surface area contributed by atoms with Crippen LogP contribution in [0.5, 0.6) is 5.75 Å². The molecule has 0 bridgehead atoms. The van der Waals surface area contributed by atoms with Crippen LogP contribution in [-0.4, -0.2) is 83.4 Å². The molecule has 19 heteroatoms. The highest BCUT2D eigenvalue weighted by molar-refractivity contribution is 5.94. The van der Waals surface area contributed by atoms with E-state index in [0.717, 1.165) is 11.6 Å². The van der Waals surface area contributed by atoms with Crippen LogP contribution in [0.15, 0.2) is 77.9 Å². The summed E-state index contributed by atoms with van der Waals surface area (Å²) in [6, 6.07) is 14.8. The number of hydrogen-bond acceptors (Lipinski definition) is 11. The van der Waals surface area contributed by atoms with Gasteiger partial charge < -0.3 is 42.7 Å². The summed E-state index contributed by atoms with van der Waals surface area (Å²) in [4.78, 5) is 78.9. The summed E-state index contributed by atoms with van der Waals surface area (Å²) in [5.41, 5.74) is 15.9. The molecular weight excluding hydrogens is 726 g/mol. The average molecular weight is 774 g/mol. The third kappa shape index (κ3) is 14.6. The van der Waals surface area contributed by atoms with Crippen molar-refractivity contribution >= 4 is 46.6 Å². The number of carbonyl (C=O) groups is 5. The fraction of sp³-hybridized carbons (Fsp3) is 0.378. The van der Waals surface area contributed by atoms with Crippen molar-refractivity contribution in [3.63, 3.8) is 0 Å². The van der Waals surface area contributed by atoms with Crippen LogP contribution in [0.3, 0.4) is 0 Å². The molecule has 0 fully saturated rings. The number of hydrogen-bond donors (Lipinski definition) is 8. The summed E-state index contributed by atoms with van der Waals surface area (Å²) >= 11 is 0. The van der Waals surface area contributed by atoms with Crippen molar-refractivity contribution in [2.45, 2.75) is 64.2 Å². The van der Waals surface area contributed by atoms with E-state index in [4.69, 9.17) is 11.3 Å². The van der Waals surface area contributed by atoms with Crippen molar-refractivity contribution in [2.24, 2.45) is 16.8 Å². The van der Waals surface area contributed by atoms with E-state index in [1.807, 2.05) is 13.8 Å². The summed E-state index contributed by atoms with van der Waals surface area (Å²) < 4.78 is 0. The molecule has 0 spiro atoms. The number of carbonyl (C=O) groups excluding carboxylic acids is 5. The Morgan fingerprint density at radius 1 is 0.821 bits per heavy atom. The van der Waals surface area contributed by atoms with Crippen molar-refractivity contribution in [3.05, 3.63) is 104 Å². The summed E-state index contributed by atoms with van der Waals surface area (Å²) in [7, 11) is 0. The van der Waals surface area contributed by atoms with Crippen molar-refractivity contribution in [1.29, 1.82) is 0 Å². The number of nitro benzene ring substituents is 1. The smallest absolute Gasteiger partial charge is 0.292 e. The molecule has 19 nitrogen and oxygen atoms in total. The van der Waals surface area contributed by atoms with Crippen molar-refractivity contribution in [2.75, 3.05) is 25.0 Å². The van der Waals surface area contributed by atoms with E-state index in [1.165, 1.54) is 31.2 Å². The monoisotopic (exact) mass is 773 g/mol. The largest absolute Gasteiger partial charge is 0.508 e. The Labute approximate surface area is 323 Å². The van der Waals surface area contributed by atoms with Gasteiger partial charge in [0.2, 0.25) is 29.5 Å². The van der Waals surface area contributed by atoms with Crippen molar-refractivity contribution in [3.8, 4) is 5.75 Å². The molecule has 0 aliphatic carbocycles. The molecule has 3 aromatic carbocycles. The van der Waals surface area contributed by atoms with E-state index in [0.29, 0.717) is 5.56 Å². The van der Waals surface area contributed by atoms with E-state index in [1.54, 1.807) is 42.5 Å². The third-order valence-electron chi connectivity index (χ3n) is 8.26. The van der Waals surface area contributed by atoms with E-state index in [9.17, 15) is 39.2 Å². The number of nitrogens with two attached hydrogens (primary N) is 1. The minimum Gasteiger partial charge on any atom is -0.508 e. The zero-order chi connectivity index (χ0) is 41.2. The molecule has 298 valence electrons. The molecule has 0 heterocycles. The van der Waals surface area contributed by atoms with Gasteiger partial charge in [0.15, 0.2) is 0 Å². The molecule has 9 N–H and O–H groups in total. The van der Waals surface area contributed by atoms with Crippen LogP contribution >= 0.6 is 0 Å². The van der Waals surface area contributed by atoms with Gasteiger partial charge in [-0.25, -0.2) is 0 Å². The van der Waals surface area contributed by atoms with Gasteiger partial charge in [-0.2, -0.15) is 0 Å². The first-order chi connectivity index (χ1) is 26.7. The predicted octanol–water partition coefficient (Wildman–Crippen LogP) is 2.22. The van der Waals surface area contributed by atoms with Crippen LogP contribution in [0, 0.1) is 16.0 Å². The van der Waals surface area contributed by atoms with Crippen LogP contribution in [0.1, 0.15) is 38.3 Å². The number of azide groups is 1. The van der Waals surface area contributed by atoms with E-state index < -0.39 is 65.2 Å². The van der Waals surface area contributed by atoms with Crippen LogP contribution in [0.25, 0.3) is 10.4 Å². The molecule has 0 aromatic heterocycles. The topological polar surface area (TPSA) is 296 Å². The fourth-order valence-corrected chi connectivity index (χ4v) is 5.41. The van der Waals surface area contributed by atoms with Crippen LogP contribution in [0.4, 0.5) is 17.1 Å². The maximum absolute atomic E-state index is 13.7. The second-order valence-corrected chi connectivity index (χ2v) is 13.3. The quantitative estimate of drug-likeness (QED) is 0.0195. The molecule has 3 aromatic rings. The number of nitrogens with zero attached hydrogens (tertiary/aromatic N) is 4. The number of aromatic hydroxyl groups is 1. The summed E-state index contributed by atoms with van der Waals surface area (Å²) in [6.45, 7) is 4.76. The van der Waals surface area contributed by atoms with Gasteiger partial charge in [-0.15, -0.1) is 0 Å². The van der Waals surface area contributed by atoms with Gasteiger partial charge in [0, 0.05) is 36.2 Å². The summed E-state index contributed by atoms with van der Waals surface area (Å²) in [5, 5.41) is 40.2. The summed E-state index contributed by atoms with van der Waals surface area (Å²) in [5.74, 6) is -3.08. The maximum atomic E-state index is 13.7. The molecule has 0 unspecified atom stereocenters. The Kier molecular flexibility index (Phi) is 17.0. The van der Waals surface area contributed by atoms with Gasteiger partial charge in [0.05, 0.1) is 17.5 Å². The van der Waals surface area contributed by atoms with E-state index in [2.05, 4.69) is 41.9 Å².